The van der Waals surface area contributed by atoms with Crippen molar-refractivity contribution >= 4 is 22.5 Å². The first-order valence-corrected chi connectivity index (χ1v) is 5.66. The molecule has 1 aromatic carbocycles. The van der Waals surface area contributed by atoms with Crippen LogP contribution in [0.15, 0.2) is 23.0 Å². The monoisotopic (exact) mass is 248 g/mol. The smallest absolute Gasteiger partial charge is 0.260 e. The highest BCUT2D eigenvalue weighted by Gasteiger charge is 2.12. The van der Waals surface area contributed by atoms with E-state index in [4.69, 9.17) is 10.8 Å². The Bertz CT molecular complexity index is 623. The Labute approximate surface area is 104 Å². The number of nitrogens with two attached hydrogens (primary N) is 1. The van der Waals surface area contributed by atoms with E-state index in [-0.39, 0.29) is 18.2 Å². The fourth-order valence-corrected chi connectivity index (χ4v) is 1.64. The zero-order valence-electron chi connectivity index (χ0n) is 10.3. The molecule has 0 saturated heterocycles. The van der Waals surface area contributed by atoms with Crippen LogP contribution in [0.5, 0.6) is 0 Å². The molecule has 0 aliphatic heterocycles. The van der Waals surface area contributed by atoms with E-state index in [1.165, 1.54) is 0 Å². The van der Waals surface area contributed by atoms with Gasteiger partial charge in [0.05, 0.1) is 23.6 Å². The molecule has 0 spiro atoms. The van der Waals surface area contributed by atoms with Gasteiger partial charge in [0.25, 0.3) is 5.56 Å². The van der Waals surface area contributed by atoms with Crippen LogP contribution in [0.4, 0.5) is 11.6 Å². The number of benzene rings is 1. The standard InChI is InChI=1S/C12H16N4O2/c1-7(6-17)16(2)12-14-10-4-3-8(13)5-9(10)11(18)15-12/h3-5,7,17H,6,13H2,1-2H3,(H,14,15,18). The molecule has 4 N–H and O–H groups in total. The first kappa shape index (κ1) is 12.4. The molecule has 1 heterocycles. The van der Waals surface area contributed by atoms with Gasteiger partial charge in [-0.1, -0.05) is 0 Å². The molecule has 18 heavy (non-hydrogen) atoms. The Kier molecular flexibility index (Phi) is 3.20. The number of nitrogens with one attached hydrogen (secondary N) is 1. The number of fused-ring (bicyclic) bond motifs is 1. The fraction of sp³-hybridized carbons (Fsp3) is 0.333. The number of hydrogen-bond donors (Lipinski definition) is 3. The van der Waals surface area contributed by atoms with Gasteiger partial charge in [0.2, 0.25) is 5.95 Å². The number of nitrogens with zero attached hydrogens (tertiary/aromatic N) is 2. The predicted molar refractivity (Wildman–Crippen MR) is 71.7 cm³/mol. The maximum absolute atomic E-state index is 11.9. The van der Waals surface area contributed by atoms with E-state index in [1.54, 1.807) is 30.1 Å². The van der Waals surface area contributed by atoms with Crippen molar-refractivity contribution < 1.29 is 5.11 Å². The van der Waals surface area contributed by atoms with Crippen molar-refractivity contribution in [2.75, 3.05) is 24.3 Å². The van der Waals surface area contributed by atoms with Gasteiger partial charge in [-0.15, -0.1) is 0 Å². The molecule has 0 saturated carbocycles. The van der Waals surface area contributed by atoms with Crippen molar-refractivity contribution in [1.82, 2.24) is 9.97 Å². The number of hydrogen-bond acceptors (Lipinski definition) is 5. The lowest BCUT2D eigenvalue weighted by Gasteiger charge is -2.23. The maximum atomic E-state index is 11.9. The quantitative estimate of drug-likeness (QED) is 0.680. The lowest BCUT2D eigenvalue weighted by molar-refractivity contribution is 0.269. The molecule has 0 aliphatic rings. The summed E-state index contributed by atoms with van der Waals surface area (Å²) >= 11 is 0. The SMILES string of the molecule is CC(CO)N(C)c1nc2ccc(N)cc2c(=O)[nH]1. The highest BCUT2D eigenvalue weighted by molar-refractivity contribution is 5.81. The third kappa shape index (κ3) is 2.14. The second-order valence-electron chi connectivity index (χ2n) is 4.31. The molecule has 0 aliphatic carbocycles. The second-order valence-corrected chi connectivity index (χ2v) is 4.31. The summed E-state index contributed by atoms with van der Waals surface area (Å²) in [6.45, 7) is 1.83. The van der Waals surface area contributed by atoms with Gasteiger partial charge >= 0.3 is 0 Å². The Balaban J connectivity index is 2.56. The molecular weight excluding hydrogens is 232 g/mol. The minimum atomic E-state index is -0.237. The number of aliphatic hydroxyl groups is 1. The van der Waals surface area contributed by atoms with E-state index in [0.29, 0.717) is 22.5 Å². The first-order chi connectivity index (χ1) is 8.52. The summed E-state index contributed by atoms with van der Waals surface area (Å²) in [7, 11) is 1.77. The lowest BCUT2D eigenvalue weighted by atomic mass is 10.2. The van der Waals surface area contributed by atoms with Crippen LogP contribution in [0.25, 0.3) is 10.9 Å². The first-order valence-electron chi connectivity index (χ1n) is 5.66. The topological polar surface area (TPSA) is 95.2 Å². The minimum Gasteiger partial charge on any atom is -0.399 e. The van der Waals surface area contributed by atoms with Crippen LogP contribution < -0.4 is 16.2 Å². The number of nitrogen functional groups attached to an aromatic ring is 1. The Hall–Kier alpha value is -2.08. The zero-order chi connectivity index (χ0) is 13.3. The van der Waals surface area contributed by atoms with E-state index in [2.05, 4.69) is 9.97 Å². The zero-order valence-corrected chi connectivity index (χ0v) is 10.3. The molecule has 1 aromatic heterocycles. The summed E-state index contributed by atoms with van der Waals surface area (Å²) in [4.78, 5) is 20.7. The molecule has 0 fully saturated rings. The van der Waals surface area contributed by atoms with Crippen LogP contribution in [0.2, 0.25) is 0 Å². The number of H-pyrrole nitrogens is 1. The Morgan fingerprint density at radius 1 is 1.56 bits per heavy atom. The molecule has 1 unspecified atom stereocenters. The number of aliphatic hydroxyl groups excluding tert-OH is 1. The summed E-state index contributed by atoms with van der Waals surface area (Å²) < 4.78 is 0. The molecule has 6 nitrogen and oxygen atoms in total. The molecule has 0 amide bonds. The van der Waals surface area contributed by atoms with Crippen LogP contribution >= 0.6 is 0 Å². The van der Waals surface area contributed by atoms with Gasteiger partial charge in [-0.3, -0.25) is 9.78 Å². The van der Waals surface area contributed by atoms with Crippen LogP contribution in [-0.4, -0.2) is 34.8 Å². The van der Waals surface area contributed by atoms with Crippen molar-refractivity contribution in [2.45, 2.75) is 13.0 Å². The predicted octanol–water partition coefficient (Wildman–Crippen LogP) is 0.322. The normalized spacial score (nSPS) is 12.6. The van der Waals surface area contributed by atoms with Gasteiger partial charge in [0.1, 0.15) is 0 Å². The van der Waals surface area contributed by atoms with E-state index in [1.807, 2.05) is 6.92 Å². The van der Waals surface area contributed by atoms with Crippen LogP contribution in [0, 0.1) is 0 Å². The third-order valence-corrected chi connectivity index (χ3v) is 2.98. The molecule has 2 aromatic rings. The van der Waals surface area contributed by atoms with E-state index < -0.39 is 0 Å². The molecule has 0 bridgehead atoms. The van der Waals surface area contributed by atoms with E-state index in [0.717, 1.165) is 0 Å². The molecule has 96 valence electrons. The van der Waals surface area contributed by atoms with Crippen molar-refractivity contribution in [3.05, 3.63) is 28.6 Å². The summed E-state index contributed by atoms with van der Waals surface area (Å²) in [5.41, 5.74) is 6.51. The van der Waals surface area contributed by atoms with Gasteiger partial charge < -0.3 is 15.7 Å². The average molecular weight is 248 g/mol. The van der Waals surface area contributed by atoms with Crippen LogP contribution in [0.1, 0.15) is 6.92 Å². The third-order valence-electron chi connectivity index (χ3n) is 2.98. The summed E-state index contributed by atoms with van der Waals surface area (Å²) in [5.74, 6) is 0.429. The van der Waals surface area contributed by atoms with Gasteiger partial charge in [-0.2, -0.15) is 0 Å². The van der Waals surface area contributed by atoms with Crippen molar-refractivity contribution in [2.24, 2.45) is 0 Å². The van der Waals surface area contributed by atoms with Gasteiger partial charge in [0.15, 0.2) is 0 Å². The maximum Gasteiger partial charge on any atom is 0.260 e. The van der Waals surface area contributed by atoms with Gasteiger partial charge in [-0.25, -0.2) is 4.98 Å². The summed E-state index contributed by atoms with van der Waals surface area (Å²) in [6.07, 6.45) is 0. The Morgan fingerprint density at radius 3 is 2.94 bits per heavy atom. The number of rotatable bonds is 3. The summed E-state index contributed by atoms with van der Waals surface area (Å²) in [6, 6.07) is 4.88. The molecular formula is C12H16N4O2. The minimum absolute atomic E-state index is 0.0139. The van der Waals surface area contributed by atoms with Crippen LogP contribution in [-0.2, 0) is 0 Å². The van der Waals surface area contributed by atoms with Crippen molar-refractivity contribution in [1.29, 1.82) is 0 Å². The van der Waals surface area contributed by atoms with Gasteiger partial charge in [-0.05, 0) is 25.1 Å². The lowest BCUT2D eigenvalue weighted by Crippen LogP contribution is -2.34. The van der Waals surface area contributed by atoms with E-state index in [9.17, 15) is 4.79 Å². The molecule has 6 heteroatoms. The number of anilines is 2. The average Bonchev–Trinajstić information content (AvgIpc) is 2.37. The molecule has 1 atom stereocenters. The number of likely N-dealkylation sites (N-methyl/N-ethyl adjacent to an activating group) is 1. The van der Waals surface area contributed by atoms with E-state index >= 15 is 0 Å². The number of aromatic amines is 1. The second kappa shape index (κ2) is 4.66. The van der Waals surface area contributed by atoms with Crippen LogP contribution in [0.3, 0.4) is 0 Å². The highest BCUT2D eigenvalue weighted by Crippen LogP contribution is 2.15. The van der Waals surface area contributed by atoms with Gasteiger partial charge in [0, 0.05) is 12.7 Å². The largest absolute Gasteiger partial charge is 0.399 e. The van der Waals surface area contributed by atoms with Crippen molar-refractivity contribution in [3.63, 3.8) is 0 Å². The summed E-state index contributed by atoms with van der Waals surface area (Å²) in [5, 5.41) is 9.57. The number of aromatic nitrogens is 2. The molecule has 0 radical (unpaired) electrons. The Morgan fingerprint density at radius 2 is 2.28 bits per heavy atom. The van der Waals surface area contributed by atoms with Crippen molar-refractivity contribution in [3.8, 4) is 0 Å². The fourth-order valence-electron chi connectivity index (χ4n) is 1.64. The molecule has 2 rings (SSSR count). The highest BCUT2D eigenvalue weighted by atomic mass is 16.3.